The van der Waals surface area contributed by atoms with E-state index in [0.29, 0.717) is 24.8 Å². The minimum atomic E-state index is -0.176. The molecule has 0 amide bonds. The summed E-state index contributed by atoms with van der Waals surface area (Å²) in [7, 11) is 1.42. The molecule has 1 rings (SSSR count). The molecule has 94 valence electrons. The first kappa shape index (κ1) is 13.6. The maximum Gasteiger partial charge on any atom is 0.168 e. The van der Waals surface area contributed by atoms with Gasteiger partial charge in [0, 0.05) is 11.5 Å². The highest BCUT2D eigenvalue weighted by Crippen LogP contribution is 2.31. The fraction of sp³-hybridized carbons (Fsp3) is 0.250. The number of phenols is 1. The Bertz CT molecular complexity index is 506. The van der Waals surface area contributed by atoms with Gasteiger partial charge >= 0.3 is 0 Å². The fourth-order valence-corrected chi connectivity index (χ4v) is 1.42. The van der Waals surface area contributed by atoms with Crippen LogP contribution in [0.3, 0.4) is 0 Å². The molecule has 0 saturated carbocycles. The van der Waals surface area contributed by atoms with Crippen molar-refractivity contribution in [3.8, 4) is 11.5 Å². The summed E-state index contributed by atoms with van der Waals surface area (Å²) in [6, 6.07) is 3.25. The van der Waals surface area contributed by atoms with Crippen LogP contribution in [0.1, 0.15) is 22.3 Å². The van der Waals surface area contributed by atoms with Gasteiger partial charge in [-0.3, -0.25) is 4.79 Å². The Labute approximate surface area is 104 Å². The fourth-order valence-electron chi connectivity index (χ4n) is 1.42. The molecule has 0 aliphatic heterocycles. The molecule has 6 nitrogen and oxygen atoms in total. The number of phenolic OH excluding ortho intramolecular Hbond substituents is 1. The van der Waals surface area contributed by atoms with Crippen LogP contribution in [-0.2, 0) is 0 Å². The van der Waals surface area contributed by atoms with Gasteiger partial charge < -0.3 is 9.84 Å². The van der Waals surface area contributed by atoms with Crippen LogP contribution >= 0.6 is 0 Å². The summed E-state index contributed by atoms with van der Waals surface area (Å²) >= 11 is 0. The van der Waals surface area contributed by atoms with Gasteiger partial charge in [-0.1, -0.05) is 23.3 Å². The number of nitrogens with zero attached hydrogens (tertiary/aromatic N) is 3. The summed E-state index contributed by atoms with van der Waals surface area (Å²) in [5.74, 6) is 0.0769. The van der Waals surface area contributed by atoms with Crippen molar-refractivity contribution in [2.75, 3.05) is 13.7 Å². The van der Waals surface area contributed by atoms with Gasteiger partial charge in [0.15, 0.2) is 17.8 Å². The molecule has 0 aromatic heterocycles. The number of benzene rings is 1. The van der Waals surface area contributed by atoms with Crippen LogP contribution in [-0.4, -0.2) is 25.0 Å². The summed E-state index contributed by atoms with van der Waals surface area (Å²) < 4.78 is 4.91. The smallest absolute Gasteiger partial charge is 0.168 e. The molecule has 0 aliphatic carbocycles. The number of hydrogen-bond donors (Lipinski definition) is 1. The molecule has 1 aromatic carbocycles. The summed E-state index contributed by atoms with van der Waals surface area (Å²) in [6.45, 7) is 0.353. The zero-order valence-corrected chi connectivity index (χ0v) is 9.91. The van der Waals surface area contributed by atoms with Gasteiger partial charge in [-0.15, -0.1) is 0 Å². The van der Waals surface area contributed by atoms with Gasteiger partial charge in [0.25, 0.3) is 0 Å². The Hall–Kier alpha value is -2.46. The molecule has 0 atom stereocenters. The Morgan fingerprint density at radius 1 is 1.56 bits per heavy atom. The average Bonchev–Trinajstić information content (AvgIpc) is 2.39. The molecule has 0 saturated heterocycles. The molecule has 0 spiro atoms. The van der Waals surface area contributed by atoms with Gasteiger partial charge in [0.1, 0.15) is 0 Å². The third kappa shape index (κ3) is 3.26. The summed E-state index contributed by atoms with van der Waals surface area (Å²) in [4.78, 5) is 13.6. The SMILES string of the molecule is COc1ccc(C=CCCN=[N+]=[N-])c(C=O)c1O. The van der Waals surface area contributed by atoms with Gasteiger partial charge in [-0.25, -0.2) is 0 Å². The van der Waals surface area contributed by atoms with Crippen molar-refractivity contribution in [1.29, 1.82) is 0 Å². The van der Waals surface area contributed by atoms with Crippen molar-refractivity contribution in [1.82, 2.24) is 0 Å². The molecule has 1 aromatic rings. The number of methoxy groups -OCH3 is 1. The van der Waals surface area contributed by atoms with Crippen molar-refractivity contribution < 1.29 is 14.6 Å². The number of ether oxygens (including phenoxy) is 1. The van der Waals surface area contributed by atoms with E-state index < -0.39 is 0 Å². The zero-order chi connectivity index (χ0) is 13.4. The minimum Gasteiger partial charge on any atom is -0.504 e. The standard InChI is InChI=1S/C12H13N3O3/c1-18-11-6-5-9(10(8-16)12(11)17)4-2-3-7-14-15-13/h2,4-6,8,17H,3,7H2,1H3. The van der Waals surface area contributed by atoms with E-state index >= 15 is 0 Å². The van der Waals surface area contributed by atoms with Crippen LogP contribution < -0.4 is 4.74 Å². The molecule has 18 heavy (non-hydrogen) atoms. The highest BCUT2D eigenvalue weighted by atomic mass is 16.5. The monoisotopic (exact) mass is 247 g/mol. The largest absolute Gasteiger partial charge is 0.504 e. The van der Waals surface area contributed by atoms with Crippen LogP contribution in [0.5, 0.6) is 11.5 Å². The zero-order valence-electron chi connectivity index (χ0n) is 9.91. The van der Waals surface area contributed by atoms with E-state index in [1.165, 1.54) is 7.11 Å². The molecule has 0 unspecified atom stereocenters. The lowest BCUT2D eigenvalue weighted by molar-refractivity contribution is 0.112. The molecule has 6 heteroatoms. The summed E-state index contributed by atoms with van der Waals surface area (Å²) in [5, 5.41) is 13.1. The molecular weight excluding hydrogens is 234 g/mol. The average molecular weight is 247 g/mol. The third-order valence-corrected chi connectivity index (χ3v) is 2.31. The highest BCUT2D eigenvalue weighted by molar-refractivity contribution is 5.87. The number of hydrogen-bond acceptors (Lipinski definition) is 4. The second-order valence-electron chi connectivity index (χ2n) is 3.38. The minimum absolute atomic E-state index is 0.175. The van der Waals surface area contributed by atoms with Crippen molar-refractivity contribution >= 4 is 12.4 Å². The number of carbonyl (C=O) groups is 1. The number of azide groups is 1. The normalized spacial score (nSPS) is 10.1. The van der Waals surface area contributed by atoms with Crippen molar-refractivity contribution in [2.45, 2.75) is 6.42 Å². The van der Waals surface area contributed by atoms with Crippen LogP contribution in [0.15, 0.2) is 23.3 Å². The van der Waals surface area contributed by atoms with Crippen LogP contribution in [0.25, 0.3) is 16.5 Å². The van der Waals surface area contributed by atoms with Crippen molar-refractivity contribution in [3.05, 3.63) is 39.8 Å². The Morgan fingerprint density at radius 3 is 2.94 bits per heavy atom. The topological polar surface area (TPSA) is 95.3 Å². The highest BCUT2D eigenvalue weighted by Gasteiger charge is 2.10. The molecule has 0 bridgehead atoms. The van der Waals surface area contributed by atoms with Crippen molar-refractivity contribution in [3.63, 3.8) is 0 Å². The number of rotatable bonds is 6. The van der Waals surface area contributed by atoms with Crippen LogP contribution in [0.2, 0.25) is 0 Å². The van der Waals surface area contributed by atoms with E-state index in [1.807, 2.05) is 0 Å². The van der Waals surface area contributed by atoms with Gasteiger partial charge in [-0.2, -0.15) is 0 Å². The summed E-state index contributed by atoms with van der Waals surface area (Å²) in [5.41, 5.74) is 8.86. The Balaban J connectivity index is 2.92. The van der Waals surface area contributed by atoms with E-state index in [-0.39, 0.29) is 17.1 Å². The van der Waals surface area contributed by atoms with Gasteiger partial charge in [0.05, 0.1) is 12.7 Å². The molecule has 0 fully saturated rings. The Kier molecular flexibility index (Phi) is 5.28. The lowest BCUT2D eigenvalue weighted by Crippen LogP contribution is -1.91. The lowest BCUT2D eigenvalue weighted by Gasteiger charge is -2.07. The van der Waals surface area contributed by atoms with E-state index in [0.717, 1.165) is 0 Å². The van der Waals surface area contributed by atoms with E-state index in [2.05, 4.69) is 10.0 Å². The van der Waals surface area contributed by atoms with Crippen LogP contribution in [0, 0.1) is 0 Å². The second kappa shape index (κ2) is 6.98. The van der Waals surface area contributed by atoms with E-state index in [9.17, 15) is 9.90 Å². The van der Waals surface area contributed by atoms with Crippen molar-refractivity contribution in [2.24, 2.45) is 5.11 Å². The first-order chi connectivity index (χ1) is 8.74. The quantitative estimate of drug-likeness (QED) is 0.275. The molecule has 0 radical (unpaired) electrons. The molecule has 1 N–H and O–H groups in total. The first-order valence-corrected chi connectivity index (χ1v) is 5.27. The van der Waals surface area contributed by atoms with Crippen LogP contribution in [0.4, 0.5) is 0 Å². The van der Waals surface area contributed by atoms with Gasteiger partial charge in [-0.05, 0) is 23.6 Å². The summed E-state index contributed by atoms with van der Waals surface area (Å²) in [6.07, 6.45) is 4.60. The predicted octanol–water partition coefficient (Wildman–Crippen LogP) is 2.93. The second-order valence-corrected chi connectivity index (χ2v) is 3.38. The lowest BCUT2D eigenvalue weighted by atomic mass is 10.1. The number of aromatic hydroxyl groups is 1. The number of aldehydes is 1. The third-order valence-electron chi connectivity index (χ3n) is 2.31. The molecular formula is C12H13N3O3. The molecule has 0 heterocycles. The maximum atomic E-state index is 10.9. The number of carbonyl (C=O) groups excluding carboxylic acids is 1. The maximum absolute atomic E-state index is 10.9. The first-order valence-electron chi connectivity index (χ1n) is 5.27. The van der Waals surface area contributed by atoms with E-state index in [4.69, 9.17) is 10.3 Å². The Morgan fingerprint density at radius 2 is 2.33 bits per heavy atom. The van der Waals surface area contributed by atoms with E-state index in [1.54, 1.807) is 24.3 Å². The predicted molar refractivity (Wildman–Crippen MR) is 67.7 cm³/mol. The molecule has 0 aliphatic rings. The van der Waals surface area contributed by atoms with Gasteiger partial charge in [0.2, 0.25) is 0 Å².